The number of nitrogens with one attached hydrogen (secondary N) is 1. The van der Waals surface area contributed by atoms with Crippen LogP contribution in [0.3, 0.4) is 0 Å². The van der Waals surface area contributed by atoms with Gasteiger partial charge in [0.1, 0.15) is 0 Å². The van der Waals surface area contributed by atoms with Gasteiger partial charge in [-0.05, 0) is 42.9 Å². The monoisotopic (exact) mass is 267 g/mol. The normalized spacial score (nSPS) is 17.2. The van der Waals surface area contributed by atoms with Gasteiger partial charge in [-0.2, -0.15) is 0 Å². The first-order chi connectivity index (χ1) is 8.62. The molecule has 0 aromatic heterocycles. The van der Waals surface area contributed by atoms with Crippen LogP contribution in [0.4, 0.5) is 0 Å². The lowest BCUT2D eigenvalue weighted by Gasteiger charge is -2.11. The second-order valence-corrected chi connectivity index (χ2v) is 6.77. The van der Waals surface area contributed by atoms with Crippen molar-refractivity contribution in [3.63, 3.8) is 0 Å². The summed E-state index contributed by atoms with van der Waals surface area (Å²) < 4.78 is 26.9. The molecule has 1 aromatic carbocycles. The molecule has 0 bridgehead atoms. The van der Waals surface area contributed by atoms with Gasteiger partial charge in [0.05, 0.1) is 4.90 Å². The molecule has 1 aliphatic carbocycles. The van der Waals surface area contributed by atoms with E-state index in [0.717, 1.165) is 24.8 Å². The summed E-state index contributed by atoms with van der Waals surface area (Å²) in [5.74, 6) is 0.523. The molecule has 0 saturated heterocycles. The van der Waals surface area contributed by atoms with Crippen molar-refractivity contribution >= 4 is 10.0 Å². The second kappa shape index (κ2) is 5.85. The van der Waals surface area contributed by atoms with Crippen LogP contribution in [0.15, 0.2) is 29.2 Å². The third-order valence-corrected chi connectivity index (χ3v) is 5.12. The van der Waals surface area contributed by atoms with E-state index in [-0.39, 0.29) is 0 Å². The van der Waals surface area contributed by atoms with E-state index in [1.54, 1.807) is 12.1 Å². The topological polar surface area (TPSA) is 46.2 Å². The SMILES string of the molecule is CCc1ccc(S(=O)(=O)NCC2CCCC2)cc1. The highest BCUT2D eigenvalue weighted by Crippen LogP contribution is 2.24. The predicted molar refractivity (Wildman–Crippen MR) is 73.0 cm³/mol. The van der Waals surface area contributed by atoms with Gasteiger partial charge in [-0.15, -0.1) is 0 Å². The Balaban J connectivity index is 2.00. The molecule has 0 radical (unpaired) electrons. The third-order valence-electron chi connectivity index (χ3n) is 3.68. The molecule has 0 heterocycles. The van der Waals surface area contributed by atoms with E-state index in [0.29, 0.717) is 17.4 Å². The molecule has 1 fully saturated rings. The van der Waals surface area contributed by atoms with Gasteiger partial charge in [0, 0.05) is 6.54 Å². The lowest BCUT2D eigenvalue weighted by atomic mass is 10.1. The van der Waals surface area contributed by atoms with Crippen LogP contribution in [0.25, 0.3) is 0 Å². The average Bonchev–Trinajstić information content (AvgIpc) is 2.90. The highest BCUT2D eigenvalue weighted by Gasteiger charge is 2.19. The maximum Gasteiger partial charge on any atom is 0.240 e. The van der Waals surface area contributed by atoms with Gasteiger partial charge in [0.15, 0.2) is 0 Å². The van der Waals surface area contributed by atoms with Gasteiger partial charge in [0.25, 0.3) is 0 Å². The Morgan fingerprint density at radius 3 is 2.33 bits per heavy atom. The summed E-state index contributed by atoms with van der Waals surface area (Å²) in [6.07, 6.45) is 5.69. The van der Waals surface area contributed by atoms with Gasteiger partial charge >= 0.3 is 0 Å². The minimum Gasteiger partial charge on any atom is -0.211 e. The predicted octanol–water partition coefficient (Wildman–Crippen LogP) is 2.72. The van der Waals surface area contributed by atoms with E-state index < -0.39 is 10.0 Å². The van der Waals surface area contributed by atoms with Crippen molar-refractivity contribution in [3.05, 3.63) is 29.8 Å². The van der Waals surface area contributed by atoms with Gasteiger partial charge in [-0.3, -0.25) is 0 Å². The molecule has 0 atom stereocenters. The second-order valence-electron chi connectivity index (χ2n) is 5.00. The fourth-order valence-corrected chi connectivity index (χ4v) is 3.55. The van der Waals surface area contributed by atoms with E-state index in [9.17, 15) is 8.42 Å². The Morgan fingerprint density at radius 2 is 1.78 bits per heavy atom. The summed E-state index contributed by atoms with van der Waals surface area (Å²) in [5, 5.41) is 0. The first-order valence-electron chi connectivity index (χ1n) is 6.70. The Hall–Kier alpha value is -0.870. The molecule has 1 N–H and O–H groups in total. The number of sulfonamides is 1. The number of aryl methyl sites for hydroxylation is 1. The average molecular weight is 267 g/mol. The van der Waals surface area contributed by atoms with Gasteiger partial charge in [0.2, 0.25) is 10.0 Å². The molecule has 1 aliphatic rings. The first kappa shape index (κ1) is 13.6. The Labute approximate surface area is 110 Å². The standard InChI is InChI=1S/C14H21NO2S/c1-2-12-7-9-14(10-8-12)18(16,17)15-11-13-5-3-4-6-13/h7-10,13,15H,2-6,11H2,1H3. The van der Waals surface area contributed by atoms with E-state index in [1.807, 2.05) is 12.1 Å². The molecule has 3 nitrogen and oxygen atoms in total. The molecule has 100 valence electrons. The summed E-state index contributed by atoms with van der Waals surface area (Å²) in [5.41, 5.74) is 1.16. The van der Waals surface area contributed by atoms with Crippen molar-refractivity contribution < 1.29 is 8.42 Å². The molecule has 0 spiro atoms. The molecule has 0 amide bonds. The van der Waals surface area contributed by atoms with Crippen LogP contribution in [-0.4, -0.2) is 15.0 Å². The van der Waals surface area contributed by atoms with Crippen molar-refractivity contribution in [2.75, 3.05) is 6.54 Å². The molecular formula is C14H21NO2S. The third kappa shape index (κ3) is 3.33. The fraction of sp³-hybridized carbons (Fsp3) is 0.571. The summed E-state index contributed by atoms with van der Waals surface area (Å²) in [7, 11) is -3.32. The molecular weight excluding hydrogens is 246 g/mol. The Morgan fingerprint density at radius 1 is 1.17 bits per heavy atom. The maximum absolute atomic E-state index is 12.1. The number of benzene rings is 1. The number of rotatable bonds is 5. The van der Waals surface area contributed by atoms with Crippen LogP contribution >= 0.6 is 0 Å². The summed E-state index contributed by atoms with van der Waals surface area (Å²) in [6, 6.07) is 7.14. The van der Waals surface area contributed by atoms with Crippen molar-refractivity contribution in [1.29, 1.82) is 0 Å². The van der Waals surface area contributed by atoms with Crippen molar-refractivity contribution in [3.8, 4) is 0 Å². The Kier molecular flexibility index (Phi) is 4.40. The molecule has 0 aliphatic heterocycles. The highest BCUT2D eigenvalue weighted by molar-refractivity contribution is 7.89. The van der Waals surface area contributed by atoms with E-state index in [4.69, 9.17) is 0 Å². The summed E-state index contributed by atoms with van der Waals surface area (Å²) in [6.45, 7) is 2.64. The van der Waals surface area contributed by atoms with Crippen LogP contribution in [0.5, 0.6) is 0 Å². The minimum atomic E-state index is -3.32. The number of hydrogen-bond acceptors (Lipinski definition) is 2. The zero-order valence-electron chi connectivity index (χ0n) is 10.9. The largest absolute Gasteiger partial charge is 0.240 e. The quantitative estimate of drug-likeness (QED) is 0.891. The highest BCUT2D eigenvalue weighted by atomic mass is 32.2. The zero-order chi connectivity index (χ0) is 13.0. The molecule has 18 heavy (non-hydrogen) atoms. The van der Waals surface area contributed by atoms with Crippen molar-refractivity contribution in [2.24, 2.45) is 5.92 Å². The summed E-state index contributed by atoms with van der Waals surface area (Å²) in [4.78, 5) is 0.373. The lowest BCUT2D eigenvalue weighted by molar-refractivity contribution is 0.519. The molecule has 2 rings (SSSR count). The molecule has 4 heteroatoms. The first-order valence-corrected chi connectivity index (χ1v) is 8.19. The van der Waals surface area contributed by atoms with Crippen molar-refractivity contribution in [1.82, 2.24) is 4.72 Å². The van der Waals surface area contributed by atoms with Crippen LogP contribution in [0.2, 0.25) is 0 Å². The van der Waals surface area contributed by atoms with E-state index in [2.05, 4.69) is 11.6 Å². The van der Waals surface area contributed by atoms with Crippen LogP contribution in [-0.2, 0) is 16.4 Å². The van der Waals surface area contributed by atoms with E-state index in [1.165, 1.54) is 12.8 Å². The van der Waals surface area contributed by atoms with Gasteiger partial charge in [-0.1, -0.05) is 31.9 Å². The zero-order valence-corrected chi connectivity index (χ0v) is 11.7. The van der Waals surface area contributed by atoms with Crippen molar-refractivity contribution in [2.45, 2.75) is 43.9 Å². The molecule has 1 aromatic rings. The lowest BCUT2D eigenvalue weighted by Crippen LogP contribution is -2.28. The minimum absolute atomic E-state index is 0.373. The maximum atomic E-state index is 12.1. The molecule has 0 unspecified atom stereocenters. The van der Waals surface area contributed by atoms with Gasteiger partial charge < -0.3 is 0 Å². The Bertz CT molecular complexity index is 473. The number of hydrogen-bond donors (Lipinski definition) is 1. The summed E-state index contributed by atoms with van der Waals surface area (Å²) >= 11 is 0. The van der Waals surface area contributed by atoms with Gasteiger partial charge in [-0.25, -0.2) is 13.1 Å². The fourth-order valence-electron chi connectivity index (χ4n) is 2.43. The molecule has 1 saturated carbocycles. The van der Waals surface area contributed by atoms with Crippen LogP contribution in [0.1, 0.15) is 38.2 Å². The van der Waals surface area contributed by atoms with E-state index >= 15 is 0 Å². The smallest absolute Gasteiger partial charge is 0.211 e. The van der Waals surface area contributed by atoms with Crippen LogP contribution in [0, 0.1) is 5.92 Å². The van der Waals surface area contributed by atoms with Crippen LogP contribution < -0.4 is 4.72 Å².